The molecule has 0 bridgehead atoms. The van der Waals surface area contributed by atoms with Crippen molar-refractivity contribution in [1.82, 2.24) is 4.98 Å². The molecule has 1 heterocycles. The largest absolute Gasteiger partial charge is 0.263 e. The second-order valence-electron chi connectivity index (χ2n) is 6.20. The van der Waals surface area contributed by atoms with Gasteiger partial charge in [0.05, 0.1) is 9.79 Å². The van der Waals surface area contributed by atoms with Gasteiger partial charge in [0.25, 0.3) is 10.0 Å². The fraction of sp³-hybridized carbons (Fsp3) is 0.105. The highest BCUT2D eigenvalue weighted by molar-refractivity contribution is 7.92. The van der Waals surface area contributed by atoms with Gasteiger partial charge in [-0.2, -0.15) is 0 Å². The Bertz CT molecular complexity index is 1220. The molecule has 0 radical (unpaired) electrons. The van der Waals surface area contributed by atoms with E-state index in [1.165, 1.54) is 30.5 Å². The van der Waals surface area contributed by atoms with Crippen LogP contribution in [-0.2, 0) is 19.9 Å². The smallest absolute Gasteiger partial charge is 0.263 e. The number of rotatable bonds is 5. The second-order valence-corrected chi connectivity index (χ2v) is 10.3. The van der Waals surface area contributed by atoms with Crippen LogP contribution in [0.15, 0.2) is 70.6 Å². The van der Waals surface area contributed by atoms with Gasteiger partial charge in [-0.1, -0.05) is 29.8 Å². The first kappa shape index (κ1) is 20.3. The molecule has 0 aliphatic rings. The zero-order chi connectivity index (χ0) is 20.5. The van der Waals surface area contributed by atoms with Crippen molar-refractivity contribution in [2.24, 2.45) is 0 Å². The van der Waals surface area contributed by atoms with E-state index >= 15 is 0 Å². The summed E-state index contributed by atoms with van der Waals surface area (Å²) in [6, 6.07) is 14.3. The minimum Gasteiger partial charge on any atom is -0.263 e. The van der Waals surface area contributed by atoms with Crippen molar-refractivity contribution in [3.05, 3.63) is 71.4 Å². The number of anilines is 1. The highest BCUT2D eigenvalue weighted by Gasteiger charge is 2.18. The van der Waals surface area contributed by atoms with Crippen LogP contribution in [0.3, 0.4) is 0 Å². The summed E-state index contributed by atoms with van der Waals surface area (Å²) in [6.07, 6.45) is 2.66. The van der Waals surface area contributed by atoms with E-state index < -0.39 is 19.9 Å². The molecular weight excluding hydrogens is 420 g/mol. The Morgan fingerprint density at radius 2 is 1.54 bits per heavy atom. The molecule has 6 nitrogen and oxygen atoms in total. The number of benzene rings is 2. The van der Waals surface area contributed by atoms with Gasteiger partial charge in [-0.25, -0.2) is 21.8 Å². The number of halogens is 1. The molecule has 1 aromatic heterocycles. The van der Waals surface area contributed by atoms with Gasteiger partial charge in [-0.05, 0) is 54.4 Å². The Balaban J connectivity index is 1.84. The van der Waals surface area contributed by atoms with Crippen LogP contribution in [0.5, 0.6) is 0 Å². The lowest BCUT2D eigenvalue weighted by Crippen LogP contribution is -2.15. The minimum atomic E-state index is -3.83. The van der Waals surface area contributed by atoms with E-state index in [4.69, 9.17) is 11.6 Å². The molecule has 0 saturated carbocycles. The molecule has 3 aromatic rings. The van der Waals surface area contributed by atoms with Gasteiger partial charge in [0, 0.05) is 23.0 Å². The SMILES string of the molecule is Cc1c(Cl)cccc1S(=O)(=O)Nc1ccc(-c2ccc(S(C)(=O)=O)cc2)cn1. The number of sulfone groups is 1. The van der Waals surface area contributed by atoms with E-state index in [0.29, 0.717) is 10.6 Å². The quantitative estimate of drug-likeness (QED) is 0.654. The predicted molar refractivity (Wildman–Crippen MR) is 110 cm³/mol. The first-order valence-electron chi connectivity index (χ1n) is 8.12. The molecule has 0 unspecified atom stereocenters. The molecular formula is C19H17ClN2O4S2. The summed E-state index contributed by atoms with van der Waals surface area (Å²) in [6.45, 7) is 1.63. The summed E-state index contributed by atoms with van der Waals surface area (Å²) in [4.78, 5) is 4.46. The summed E-state index contributed by atoms with van der Waals surface area (Å²) in [5, 5.41) is 0.365. The molecule has 0 aliphatic heterocycles. The van der Waals surface area contributed by atoms with Crippen molar-refractivity contribution in [3.8, 4) is 11.1 Å². The Hall–Kier alpha value is -2.42. The van der Waals surface area contributed by atoms with E-state index in [1.54, 1.807) is 37.3 Å². The number of aromatic nitrogens is 1. The lowest BCUT2D eigenvalue weighted by atomic mass is 10.1. The molecule has 9 heteroatoms. The number of hydrogen-bond donors (Lipinski definition) is 1. The van der Waals surface area contributed by atoms with Gasteiger partial charge in [0.2, 0.25) is 0 Å². The van der Waals surface area contributed by atoms with E-state index in [9.17, 15) is 16.8 Å². The number of sulfonamides is 1. The average molecular weight is 437 g/mol. The van der Waals surface area contributed by atoms with Crippen LogP contribution in [0.25, 0.3) is 11.1 Å². The van der Waals surface area contributed by atoms with Gasteiger partial charge in [-0.15, -0.1) is 0 Å². The molecule has 28 heavy (non-hydrogen) atoms. The van der Waals surface area contributed by atoms with E-state index in [-0.39, 0.29) is 15.6 Å². The maximum absolute atomic E-state index is 12.6. The van der Waals surface area contributed by atoms with Gasteiger partial charge in [0.1, 0.15) is 5.82 Å². The lowest BCUT2D eigenvalue weighted by Gasteiger charge is -2.11. The van der Waals surface area contributed by atoms with Gasteiger partial charge < -0.3 is 0 Å². The van der Waals surface area contributed by atoms with Crippen LogP contribution < -0.4 is 4.72 Å². The third kappa shape index (κ3) is 4.35. The Kier molecular flexibility index (Phi) is 5.47. The summed E-state index contributed by atoms with van der Waals surface area (Å²) in [5.74, 6) is 0.163. The van der Waals surface area contributed by atoms with Crippen LogP contribution in [-0.4, -0.2) is 28.1 Å². The molecule has 3 rings (SSSR count). The van der Waals surface area contributed by atoms with Crippen LogP contribution in [0.4, 0.5) is 5.82 Å². The van der Waals surface area contributed by atoms with Gasteiger partial charge in [-0.3, -0.25) is 4.72 Å². The van der Waals surface area contributed by atoms with Crippen molar-refractivity contribution in [2.45, 2.75) is 16.7 Å². The fourth-order valence-electron chi connectivity index (χ4n) is 2.59. The van der Waals surface area contributed by atoms with Gasteiger partial charge in [0.15, 0.2) is 9.84 Å². The van der Waals surface area contributed by atoms with Crippen molar-refractivity contribution in [3.63, 3.8) is 0 Å². The molecule has 0 aliphatic carbocycles. The lowest BCUT2D eigenvalue weighted by molar-refractivity contribution is 0.599. The number of nitrogens with one attached hydrogen (secondary N) is 1. The zero-order valence-corrected chi connectivity index (χ0v) is 17.4. The maximum Gasteiger partial charge on any atom is 0.263 e. The summed E-state index contributed by atoms with van der Waals surface area (Å²) in [5.41, 5.74) is 1.95. The van der Waals surface area contributed by atoms with Crippen molar-refractivity contribution in [2.75, 3.05) is 11.0 Å². The van der Waals surface area contributed by atoms with E-state index in [1.807, 2.05) is 0 Å². The normalized spacial score (nSPS) is 12.0. The number of hydrogen-bond acceptors (Lipinski definition) is 5. The third-order valence-corrected chi connectivity index (χ3v) is 7.16. The Labute approximate surface area is 169 Å². The molecule has 2 aromatic carbocycles. The number of nitrogens with zero attached hydrogens (tertiary/aromatic N) is 1. The molecule has 0 atom stereocenters. The third-order valence-electron chi connectivity index (χ3n) is 4.13. The second kappa shape index (κ2) is 7.54. The highest BCUT2D eigenvalue weighted by atomic mass is 35.5. The Morgan fingerprint density at radius 3 is 2.11 bits per heavy atom. The molecule has 0 amide bonds. The summed E-state index contributed by atoms with van der Waals surface area (Å²) >= 11 is 6.01. The van der Waals surface area contributed by atoms with Crippen LogP contribution in [0, 0.1) is 6.92 Å². The van der Waals surface area contributed by atoms with Crippen LogP contribution >= 0.6 is 11.6 Å². The van der Waals surface area contributed by atoms with E-state index in [2.05, 4.69) is 9.71 Å². The monoisotopic (exact) mass is 436 g/mol. The first-order chi connectivity index (χ1) is 13.1. The molecule has 146 valence electrons. The fourth-order valence-corrected chi connectivity index (χ4v) is 4.73. The standard InChI is InChI=1S/C19H17ClN2O4S2/c1-13-17(20)4-3-5-18(13)28(25,26)22-19-11-8-15(12-21-19)14-6-9-16(10-7-14)27(2,23)24/h3-12H,1-2H3,(H,21,22). The zero-order valence-electron chi connectivity index (χ0n) is 15.0. The molecule has 0 fully saturated rings. The van der Waals surface area contributed by atoms with Crippen molar-refractivity contribution >= 4 is 37.3 Å². The Morgan fingerprint density at radius 1 is 0.893 bits per heavy atom. The van der Waals surface area contributed by atoms with E-state index in [0.717, 1.165) is 17.4 Å². The molecule has 0 saturated heterocycles. The topological polar surface area (TPSA) is 93.2 Å². The number of pyridine rings is 1. The van der Waals surface area contributed by atoms with Crippen molar-refractivity contribution in [1.29, 1.82) is 0 Å². The van der Waals surface area contributed by atoms with Gasteiger partial charge >= 0.3 is 0 Å². The van der Waals surface area contributed by atoms with Crippen LogP contribution in [0.2, 0.25) is 5.02 Å². The predicted octanol–water partition coefficient (Wildman–Crippen LogP) is 3.91. The highest BCUT2D eigenvalue weighted by Crippen LogP contribution is 2.25. The minimum absolute atomic E-state index is 0.0854. The van der Waals surface area contributed by atoms with Crippen LogP contribution in [0.1, 0.15) is 5.56 Å². The summed E-state index contributed by atoms with van der Waals surface area (Å²) < 4.78 is 50.7. The first-order valence-corrected chi connectivity index (χ1v) is 11.9. The average Bonchev–Trinajstić information content (AvgIpc) is 2.63. The maximum atomic E-state index is 12.6. The molecule has 0 spiro atoms. The summed E-state index contributed by atoms with van der Waals surface area (Å²) in [7, 11) is -7.09. The molecule has 1 N–H and O–H groups in total. The van der Waals surface area contributed by atoms with Crippen molar-refractivity contribution < 1.29 is 16.8 Å².